The van der Waals surface area contributed by atoms with Crippen LogP contribution >= 0.6 is 11.6 Å². The number of halogens is 2. The minimum Gasteiger partial charge on any atom is -0.352 e. The number of anilines is 1. The summed E-state index contributed by atoms with van der Waals surface area (Å²) in [5, 5.41) is 3.29. The highest BCUT2D eigenvalue weighted by atomic mass is 35.5. The van der Waals surface area contributed by atoms with Crippen LogP contribution in [0.1, 0.15) is 37.0 Å². The molecule has 214 valence electrons. The van der Waals surface area contributed by atoms with Gasteiger partial charge in [-0.15, -0.1) is 0 Å². The Bertz CT molecular complexity index is 1440. The third-order valence-corrected chi connectivity index (χ3v) is 8.29. The normalized spacial score (nSPS) is 12.8. The third-order valence-electron chi connectivity index (χ3n) is 6.76. The van der Waals surface area contributed by atoms with Crippen LogP contribution in [0.15, 0.2) is 72.8 Å². The van der Waals surface area contributed by atoms with Crippen LogP contribution in [-0.2, 0) is 32.6 Å². The van der Waals surface area contributed by atoms with E-state index in [-0.39, 0.29) is 30.3 Å². The molecule has 0 heterocycles. The Morgan fingerprint density at radius 3 is 2.27 bits per heavy atom. The smallest absolute Gasteiger partial charge is 0.244 e. The van der Waals surface area contributed by atoms with Crippen LogP contribution in [0, 0.1) is 12.7 Å². The van der Waals surface area contributed by atoms with E-state index in [1.165, 1.54) is 23.1 Å². The molecule has 0 aliphatic heterocycles. The van der Waals surface area contributed by atoms with Gasteiger partial charge in [-0.05, 0) is 49.6 Å². The van der Waals surface area contributed by atoms with Crippen molar-refractivity contribution in [2.24, 2.45) is 0 Å². The SMILES string of the molecule is CC[C@H](C)NC(=O)[C@@H](Cc1ccccc1)N(Cc1ccccc1F)C(=O)CN(c1cccc(Cl)c1C)S(C)(=O)=O. The van der Waals surface area contributed by atoms with Crippen LogP contribution < -0.4 is 9.62 Å². The Morgan fingerprint density at radius 2 is 1.65 bits per heavy atom. The third kappa shape index (κ3) is 8.05. The van der Waals surface area contributed by atoms with Crippen LogP contribution in [0.3, 0.4) is 0 Å². The zero-order valence-electron chi connectivity index (χ0n) is 23.1. The average molecular weight is 588 g/mol. The van der Waals surface area contributed by atoms with E-state index in [2.05, 4.69) is 5.32 Å². The lowest BCUT2D eigenvalue weighted by Crippen LogP contribution is -2.54. The van der Waals surface area contributed by atoms with Gasteiger partial charge < -0.3 is 10.2 Å². The van der Waals surface area contributed by atoms with Gasteiger partial charge in [0.2, 0.25) is 21.8 Å². The van der Waals surface area contributed by atoms with Crippen LogP contribution in [-0.4, -0.2) is 50.0 Å². The maximum atomic E-state index is 14.8. The van der Waals surface area contributed by atoms with Gasteiger partial charge in [-0.2, -0.15) is 0 Å². The molecule has 3 rings (SSSR count). The van der Waals surface area contributed by atoms with Crippen molar-refractivity contribution in [1.82, 2.24) is 10.2 Å². The summed E-state index contributed by atoms with van der Waals surface area (Å²) in [6.07, 6.45) is 1.82. The highest BCUT2D eigenvalue weighted by Gasteiger charge is 2.34. The number of carbonyl (C=O) groups excluding carboxylic acids is 2. The molecule has 0 bridgehead atoms. The van der Waals surface area contributed by atoms with E-state index in [0.717, 1.165) is 16.1 Å². The molecule has 0 saturated carbocycles. The van der Waals surface area contributed by atoms with Crippen LogP contribution in [0.2, 0.25) is 5.02 Å². The maximum absolute atomic E-state index is 14.8. The standard InChI is InChI=1S/C30H35ClFN3O4S/c1-5-21(2)33-30(37)28(18-23-12-7-6-8-13-23)34(19-24-14-9-10-16-26(24)32)29(36)20-35(40(4,38)39)27-17-11-15-25(31)22(27)3/h6-17,21,28H,5,18-20H2,1-4H3,(H,33,37)/t21-,28+/m0/s1. The molecule has 40 heavy (non-hydrogen) atoms. The maximum Gasteiger partial charge on any atom is 0.244 e. The van der Waals surface area contributed by atoms with Gasteiger partial charge in [-0.3, -0.25) is 13.9 Å². The number of nitrogens with one attached hydrogen (secondary N) is 1. The zero-order chi connectivity index (χ0) is 29.4. The molecule has 2 amide bonds. The lowest BCUT2D eigenvalue weighted by Gasteiger charge is -2.34. The number of hydrogen-bond donors (Lipinski definition) is 1. The summed E-state index contributed by atoms with van der Waals surface area (Å²) in [4.78, 5) is 29.0. The van der Waals surface area contributed by atoms with Gasteiger partial charge in [-0.25, -0.2) is 12.8 Å². The molecule has 0 aliphatic rings. The molecular weight excluding hydrogens is 553 g/mol. The molecule has 0 aromatic heterocycles. The van der Waals surface area contributed by atoms with Gasteiger partial charge in [0, 0.05) is 29.6 Å². The monoisotopic (exact) mass is 587 g/mol. The first-order chi connectivity index (χ1) is 18.9. The van der Waals surface area contributed by atoms with Crippen molar-refractivity contribution in [2.45, 2.75) is 52.2 Å². The Labute approximate surface area is 241 Å². The Hall–Kier alpha value is -3.43. The van der Waals surface area contributed by atoms with Crippen LogP contribution in [0.25, 0.3) is 0 Å². The van der Waals surface area contributed by atoms with Crippen molar-refractivity contribution in [3.05, 3.63) is 100 Å². The second kappa shape index (κ2) is 13.8. The average Bonchev–Trinajstić information content (AvgIpc) is 2.91. The summed E-state index contributed by atoms with van der Waals surface area (Å²) in [6, 6.07) is 18.8. The van der Waals surface area contributed by atoms with Crippen LogP contribution in [0.4, 0.5) is 10.1 Å². The van der Waals surface area contributed by atoms with Crippen LogP contribution in [0.5, 0.6) is 0 Å². The second-order valence-electron chi connectivity index (χ2n) is 9.79. The first kappa shape index (κ1) is 31.1. The number of benzene rings is 3. The lowest BCUT2D eigenvalue weighted by atomic mass is 10.0. The summed E-state index contributed by atoms with van der Waals surface area (Å²) in [7, 11) is -3.94. The molecule has 3 aromatic carbocycles. The van der Waals surface area contributed by atoms with E-state index in [4.69, 9.17) is 11.6 Å². The molecule has 3 aromatic rings. The number of rotatable bonds is 12. The first-order valence-corrected chi connectivity index (χ1v) is 15.2. The van der Waals surface area contributed by atoms with E-state index in [1.54, 1.807) is 31.2 Å². The van der Waals surface area contributed by atoms with Gasteiger partial charge in [0.15, 0.2) is 0 Å². The number of amides is 2. The molecular formula is C30H35ClFN3O4S. The largest absolute Gasteiger partial charge is 0.352 e. The highest BCUT2D eigenvalue weighted by Crippen LogP contribution is 2.29. The van der Waals surface area contributed by atoms with Crippen molar-refractivity contribution < 1.29 is 22.4 Å². The van der Waals surface area contributed by atoms with E-state index >= 15 is 0 Å². The predicted molar refractivity (Wildman–Crippen MR) is 157 cm³/mol. The molecule has 0 spiro atoms. The fraction of sp³-hybridized carbons (Fsp3) is 0.333. The van der Waals surface area contributed by atoms with E-state index in [0.29, 0.717) is 17.0 Å². The van der Waals surface area contributed by atoms with Gasteiger partial charge in [0.1, 0.15) is 18.4 Å². The summed E-state index contributed by atoms with van der Waals surface area (Å²) >= 11 is 6.26. The van der Waals surface area contributed by atoms with Crippen molar-refractivity contribution in [2.75, 3.05) is 17.1 Å². The molecule has 0 aliphatic carbocycles. The number of hydrogen-bond acceptors (Lipinski definition) is 4. The molecule has 0 radical (unpaired) electrons. The summed E-state index contributed by atoms with van der Waals surface area (Å²) < 4.78 is 41.6. The first-order valence-electron chi connectivity index (χ1n) is 13.0. The molecule has 0 unspecified atom stereocenters. The highest BCUT2D eigenvalue weighted by molar-refractivity contribution is 7.92. The second-order valence-corrected chi connectivity index (χ2v) is 12.1. The minimum atomic E-state index is -3.94. The predicted octanol–water partition coefficient (Wildman–Crippen LogP) is 5.11. The fourth-order valence-electron chi connectivity index (χ4n) is 4.27. The molecule has 7 nitrogen and oxygen atoms in total. The van der Waals surface area contributed by atoms with Gasteiger partial charge >= 0.3 is 0 Å². The summed E-state index contributed by atoms with van der Waals surface area (Å²) in [5.41, 5.74) is 1.73. The molecule has 0 saturated heterocycles. The molecule has 1 N–H and O–H groups in total. The minimum absolute atomic E-state index is 0.151. The Kier molecular flexibility index (Phi) is 10.7. The quantitative estimate of drug-likeness (QED) is 0.319. The van der Waals surface area contributed by atoms with Crippen molar-refractivity contribution in [3.8, 4) is 0 Å². The topological polar surface area (TPSA) is 86.8 Å². The summed E-state index contributed by atoms with van der Waals surface area (Å²) in [6.45, 7) is 4.61. The molecule has 0 fully saturated rings. The van der Waals surface area contributed by atoms with Gasteiger partial charge in [-0.1, -0.05) is 73.1 Å². The van der Waals surface area contributed by atoms with E-state index in [1.807, 2.05) is 44.2 Å². The van der Waals surface area contributed by atoms with Gasteiger partial charge in [0.25, 0.3) is 0 Å². The summed E-state index contributed by atoms with van der Waals surface area (Å²) in [5.74, 6) is -1.60. The molecule has 10 heteroatoms. The lowest BCUT2D eigenvalue weighted by molar-refractivity contribution is -0.140. The number of nitrogens with zero attached hydrogens (tertiary/aromatic N) is 2. The Balaban J connectivity index is 2.10. The van der Waals surface area contributed by atoms with Crippen molar-refractivity contribution in [3.63, 3.8) is 0 Å². The zero-order valence-corrected chi connectivity index (χ0v) is 24.7. The van der Waals surface area contributed by atoms with Gasteiger partial charge in [0.05, 0.1) is 11.9 Å². The Morgan fingerprint density at radius 1 is 1.00 bits per heavy atom. The number of sulfonamides is 1. The number of carbonyl (C=O) groups is 2. The molecule has 2 atom stereocenters. The van der Waals surface area contributed by atoms with Crippen molar-refractivity contribution >= 4 is 39.1 Å². The fourth-order valence-corrected chi connectivity index (χ4v) is 5.34. The van der Waals surface area contributed by atoms with E-state index < -0.39 is 40.2 Å². The van der Waals surface area contributed by atoms with Crippen molar-refractivity contribution in [1.29, 1.82) is 0 Å². The van der Waals surface area contributed by atoms with E-state index in [9.17, 15) is 22.4 Å².